The highest BCUT2D eigenvalue weighted by Gasteiger charge is 2.17. The number of pyridine rings is 1. The number of benzene rings is 2. The van der Waals surface area contributed by atoms with Gasteiger partial charge in [0.2, 0.25) is 5.91 Å². The van der Waals surface area contributed by atoms with Gasteiger partial charge in [-0.15, -0.1) is 0 Å². The molecule has 6 heteroatoms. The number of aromatic nitrogens is 1. The molecule has 0 aliphatic heterocycles. The SMILES string of the molecule is COc1cc(Cl)c(C)cc1NC(=O)CNC(c1ccccc1)c1ccccn1. The average molecular weight is 396 g/mol. The van der Waals surface area contributed by atoms with Crippen molar-refractivity contribution in [1.82, 2.24) is 10.3 Å². The molecule has 0 bridgehead atoms. The molecule has 0 saturated carbocycles. The predicted molar refractivity (Wildman–Crippen MR) is 112 cm³/mol. The maximum absolute atomic E-state index is 12.6. The van der Waals surface area contributed by atoms with Gasteiger partial charge in [0.25, 0.3) is 0 Å². The van der Waals surface area contributed by atoms with Gasteiger partial charge < -0.3 is 10.1 Å². The van der Waals surface area contributed by atoms with Gasteiger partial charge in [-0.3, -0.25) is 15.1 Å². The van der Waals surface area contributed by atoms with E-state index < -0.39 is 0 Å². The van der Waals surface area contributed by atoms with Gasteiger partial charge in [0, 0.05) is 17.3 Å². The molecule has 1 heterocycles. The van der Waals surface area contributed by atoms with Crippen LogP contribution in [0.1, 0.15) is 22.9 Å². The first-order valence-corrected chi connectivity index (χ1v) is 9.29. The summed E-state index contributed by atoms with van der Waals surface area (Å²) in [4.78, 5) is 17.0. The van der Waals surface area contributed by atoms with Crippen molar-refractivity contribution in [2.45, 2.75) is 13.0 Å². The number of anilines is 1. The number of carbonyl (C=O) groups is 1. The van der Waals surface area contributed by atoms with Crippen molar-refractivity contribution in [3.05, 3.63) is 88.7 Å². The predicted octanol–water partition coefficient (Wildman–Crippen LogP) is 4.37. The van der Waals surface area contributed by atoms with Gasteiger partial charge in [0.1, 0.15) is 5.75 Å². The van der Waals surface area contributed by atoms with Crippen LogP contribution >= 0.6 is 11.6 Å². The Morgan fingerprint density at radius 3 is 2.57 bits per heavy atom. The Labute approximate surface area is 169 Å². The van der Waals surface area contributed by atoms with E-state index in [-0.39, 0.29) is 18.5 Å². The molecular weight excluding hydrogens is 374 g/mol. The maximum atomic E-state index is 12.6. The van der Waals surface area contributed by atoms with Crippen LogP contribution in [0.4, 0.5) is 5.69 Å². The molecule has 5 nitrogen and oxygen atoms in total. The fourth-order valence-corrected chi connectivity index (χ4v) is 3.06. The molecule has 3 aromatic rings. The van der Waals surface area contributed by atoms with Crippen LogP contribution in [0.5, 0.6) is 5.75 Å². The molecule has 28 heavy (non-hydrogen) atoms. The summed E-state index contributed by atoms with van der Waals surface area (Å²) in [7, 11) is 1.54. The Hall–Kier alpha value is -2.89. The normalized spacial score (nSPS) is 11.7. The highest BCUT2D eigenvalue weighted by molar-refractivity contribution is 6.31. The van der Waals surface area contributed by atoms with E-state index >= 15 is 0 Å². The highest BCUT2D eigenvalue weighted by Crippen LogP contribution is 2.30. The minimum absolute atomic E-state index is 0.112. The summed E-state index contributed by atoms with van der Waals surface area (Å²) in [5, 5.41) is 6.77. The third-order valence-corrected chi connectivity index (χ3v) is 4.75. The first kappa shape index (κ1) is 19.9. The summed E-state index contributed by atoms with van der Waals surface area (Å²) in [6.45, 7) is 1.99. The number of hydrogen-bond donors (Lipinski definition) is 2. The van der Waals surface area contributed by atoms with Crippen LogP contribution in [-0.2, 0) is 4.79 Å². The van der Waals surface area contributed by atoms with E-state index in [1.807, 2.05) is 55.5 Å². The molecule has 2 aromatic carbocycles. The van der Waals surface area contributed by atoms with Gasteiger partial charge in [0.05, 0.1) is 31.1 Å². The van der Waals surface area contributed by atoms with E-state index in [1.54, 1.807) is 25.4 Å². The van der Waals surface area contributed by atoms with E-state index in [0.29, 0.717) is 16.5 Å². The summed E-state index contributed by atoms with van der Waals surface area (Å²) in [5.74, 6) is 0.338. The number of ether oxygens (including phenoxy) is 1. The quantitative estimate of drug-likeness (QED) is 0.623. The van der Waals surface area contributed by atoms with Crippen LogP contribution < -0.4 is 15.4 Å². The van der Waals surface area contributed by atoms with E-state index in [1.165, 1.54) is 0 Å². The molecular formula is C22H22ClN3O2. The minimum Gasteiger partial charge on any atom is -0.495 e. The monoisotopic (exact) mass is 395 g/mol. The number of nitrogens with zero attached hydrogens (tertiary/aromatic N) is 1. The lowest BCUT2D eigenvalue weighted by molar-refractivity contribution is -0.115. The third kappa shape index (κ3) is 4.88. The van der Waals surface area contributed by atoms with Crippen molar-refractivity contribution in [2.75, 3.05) is 19.0 Å². The number of carbonyl (C=O) groups excluding carboxylic acids is 1. The Morgan fingerprint density at radius 2 is 1.89 bits per heavy atom. The first-order chi connectivity index (χ1) is 13.6. The first-order valence-electron chi connectivity index (χ1n) is 8.91. The zero-order valence-corrected chi connectivity index (χ0v) is 16.5. The van der Waals surface area contributed by atoms with E-state index in [0.717, 1.165) is 16.8 Å². The van der Waals surface area contributed by atoms with Gasteiger partial charge >= 0.3 is 0 Å². The summed E-state index contributed by atoms with van der Waals surface area (Å²) in [5.41, 5.74) is 3.34. The number of rotatable bonds is 7. The van der Waals surface area contributed by atoms with Crippen molar-refractivity contribution >= 4 is 23.2 Å². The van der Waals surface area contributed by atoms with Crippen LogP contribution in [-0.4, -0.2) is 24.5 Å². The second-order valence-electron chi connectivity index (χ2n) is 6.33. The van der Waals surface area contributed by atoms with Crippen LogP contribution in [0.15, 0.2) is 66.9 Å². The number of amides is 1. The Kier molecular flexibility index (Phi) is 6.63. The summed E-state index contributed by atoms with van der Waals surface area (Å²) in [6.07, 6.45) is 1.74. The van der Waals surface area contributed by atoms with Gasteiger partial charge in [-0.25, -0.2) is 0 Å². The molecule has 0 fully saturated rings. The summed E-state index contributed by atoms with van der Waals surface area (Å²) in [6, 6.07) is 19.0. The second-order valence-corrected chi connectivity index (χ2v) is 6.74. The molecule has 0 saturated heterocycles. The van der Waals surface area contributed by atoms with Crippen molar-refractivity contribution in [1.29, 1.82) is 0 Å². The van der Waals surface area contributed by atoms with Crippen LogP contribution in [0.3, 0.4) is 0 Å². The third-order valence-electron chi connectivity index (χ3n) is 4.34. The lowest BCUT2D eigenvalue weighted by Gasteiger charge is -2.19. The van der Waals surface area contributed by atoms with E-state index in [4.69, 9.17) is 16.3 Å². The molecule has 2 N–H and O–H groups in total. The number of methoxy groups -OCH3 is 1. The molecule has 1 aromatic heterocycles. The standard InChI is InChI=1S/C22H22ClN3O2/c1-15-12-19(20(28-2)13-17(15)23)26-21(27)14-25-22(16-8-4-3-5-9-16)18-10-6-7-11-24-18/h3-13,22,25H,14H2,1-2H3,(H,26,27). The second kappa shape index (κ2) is 9.35. The van der Waals surface area contributed by atoms with Crippen molar-refractivity contribution in [2.24, 2.45) is 0 Å². The van der Waals surface area contributed by atoms with E-state index in [9.17, 15) is 4.79 Å². The number of hydrogen-bond acceptors (Lipinski definition) is 4. The fourth-order valence-electron chi connectivity index (χ4n) is 2.90. The number of halogens is 1. The number of aryl methyl sites for hydroxylation is 1. The topological polar surface area (TPSA) is 63.2 Å². The molecule has 0 aliphatic rings. The minimum atomic E-state index is -0.193. The van der Waals surface area contributed by atoms with E-state index in [2.05, 4.69) is 15.6 Å². The van der Waals surface area contributed by atoms with Crippen molar-refractivity contribution in [3.63, 3.8) is 0 Å². The Morgan fingerprint density at radius 1 is 1.14 bits per heavy atom. The smallest absolute Gasteiger partial charge is 0.238 e. The average Bonchev–Trinajstić information content (AvgIpc) is 2.72. The van der Waals surface area contributed by atoms with Crippen molar-refractivity contribution in [3.8, 4) is 5.75 Å². The summed E-state index contributed by atoms with van der Waals surface area (Å²) < 4.78 is 5.32. The Balaban J connectivity index is 1.74. The van der Waals surface area contributed by atoms with Gasteiger partial charge in [-0.1, -0.05) is 48.0 Å². The molecule has 1 amide bonds. The molecule has 3 rings (SSSR count). The lowest BCUT2D eigenvalue weighted by Crippen LogP contribution is -2.32. The zero-order valence-electron chi connectivity index (χ0n) is 15.8. The molecule has 144 valence electrons. The molecule has 0 aliphatic carbocycles. The van der Waals surface area contributed by atoms with Gasteiger partial charge in [-0.05, 0) is 36.2 Å². The Bertz CT molecular complexity index is 894. The fraction of sp³-hybridized carbons (Fsp3) is 0.182. The van der Waals surface area contributed by atoms with Crippen LogP contribution in [0.25, 0.3) is 0 Å². The molecule has 1 atom stereocenters. The molecule has 0 radical (unpaired) electrons. The van der Waals surface area contributed by atoms with Gasteiger partial charge in [-0.2, -0.15) is 0 Å². The van der Waals surface area contributed by atoms with Crippen LogP contribution in [0, 0.1) is 6.92 Å². The summed E-state index contributed by atoms with van der Waals surface area (Å²) >= 11 is 6.13. The lowest BCUT2D eigenvalue weighted by atomic mass is 10.0. The molecule has 0 spiro atoms. The van der Waals surface area contributed by atoms with Crippen molar-refractivity contribution < 1.29 is 9.53 Å². The zero-order chi connectivity index (χ0) is 19.9. The van der Waals surface area contributed by atoms with Gasteiger partial charge in [0.15, 0.2) is 0 Å². The number of nitrogens with one attached hydrogen (secondary N) is 2. The molecule has 1 unspecified atom stereocenters. The van der Waals surface area contributed by atoms with Crippen LogP contribution in [0.2, 0.25) is 5.02 Å². The largest absolute Gasteiger partial charge is 0.495 e. The highest BCUT2D eigenvalue weighted by atomic mass is 35.5. The maximum Gasteiger partial charge on any atom is 0.238 e.